The Morgan fingerprint density at radius 3 is 2.05 bits per heavy atom. The van der Waals surface area contributed by atoms with E-state index in [4.69, 9.17) is 0 Å². The van der Waals surface area contributed by atoms with Crippen LogP contribution in [-0.4, -0.2) is 65.0 Å². The predicted octanol–water partition coefficient (Wildman–Crippen LogP) is 0.750. The molecule has 0 spiro atoms. The van der Waals surface area contributed by atoms with Gasteiger partial charge < -0.3 is 20.2 Å². The highest BCUT2D eigenvalue weighted by Crippen LogP contribution is 2.19. The summed E-state index contributed by atoms with van der Waals surface area (Å²) in [5, 5.41) is 11.8. The number of urea groups is 1. The monoisotopic (exact) mass is 299 g/mol. The van der Waals surface area contributed by atoms with Crippen molar-refractivity contribution in [1.82, 2.24) is 15.1 Å². The molecule has 0 aromatic rings. The molecule has 0 unspecified atom stereocenters. The molecule has 0 bridgehead atoms. The number of hydrogen-bond acceptors (Lipinski definition) is 3. The van der Waals surface area contributed by atoms with E-state index in [-0.39, 0.29) is 11.9 Å². The quantitative estimate of drug-likeness (QED) is 0.787. The van der Waals surface area contributed by atoms with Crippen LogP contribution in [0.2, 0.25) is 0 Å². The van der Waals surface area contributed by atoms with Crippen molar-refractivity contribution in [1.29, 1.82) is 0 Å². The van der Waals surface area contributed by atoms with E-state index in [0.29, 0.717) is 32.6 Å². The van der Waals surface area contributed by atoms with Gasteiger partial charge in [-0.05, 0) is 11.8 Å². The molecular weight excluding hydrogens is 274 g/mol. The van der Waals surface area contributed by atoms with Crippen LogP contribution in [0.25, 0.3) is 0 Å². The first-order valence-corrected chi connectivity index (χ1v) is 7.16. The zero-order chi connectivity index (χ0) is 16.2. The first-order valence-electron chi connectivity index (χ1n) is 7.16. The van der Waals surface area contributed by atoms with Crippen LogP contribution >= 0.6 is 0 Å². The third-order valence-corrected chi connectivity index (χ3v) is 3.61. The third kappa shape index (κ3) is 4.91. The number of nitrogens with one attached hydrogen (secondary N) is 1. The summed E-state index contributed by atoms with van der Waals surface area (Å²) in [7, 11) is 0. The number of carbonyl (C=O) groups is 3. The Hall–Kier alpha value is -1.79. The Morgan fingerprint density at radius 1 is 1.05 bits per heavy atom. The zero-order valence-corrected chi connectivity index (χ0v) is 13.2. The van der Waals surface area contributed by atoms with Gasteiger partial charge in [0.05, 0.1) is 0 Å². The first kappa shape index (κ1) is 17.3. The maximum atomic E-state index is 12.2. The lowest BCUT2D eigenvalue weighted by atomic mass is 9.87. The summed E-state index contributed by atoms with van der Waals surface area (Å²) in [5.41, 5.74) is -0.571. The molecule has 0 aromatic carbocycles. The van der Waals surface area contributed by atoms with Crippen molar-refractivity contribution in [3.05, 3.63) is 0 Å². The minimum absolute atomic E-state index is 0.00429. The van der Waals surface area contributed by atoms with Crippen LogP contribution in [0.3, 0.4) is 0 Å². The van der Waals surface area contributed by atoms with Crippen LogP contribution in [0.15, 0.2) is 0 Å². The summed E-state index contributed by atoms with van der Waals surface area (Å²) >= 11 is 0. The van der Waals surface area contributed by atoms with Gasteiger partial charge in [-0.1, -0.05) is 20.8 Å². The molecule has 1 fully saturated rings. The number of nitrogens with zero attached hydrogens (tertiary/aromatic N) is 2. The van der Waals surface area contributed by atoms with Crippen molar-refractivity contribution in [2.75, 3.05) is 26.2 Å². The molecule has 1 rings (SSSR count). The van der Waals surface area contributed by atoms with Crippen LogP contribution < -0.4 is 5.32 Å². The number of carbonyl (C=O) groups excluding carboxylic acids is 2. The Kier molecular flexibility index (Phi) is 5.57. The van der Waals surface area contributed by atoms with Crippen molar-refractivity contribution in [2.45, 2.75) is 40.2 Å². The lowest BCUT2D eigenvalue weighted by Crippen LogP contribution is -2.53. The van der Waals surface area contributed by atoms with Crippen LogP contribution in [0.5, 0.6) is 0 Å². The minimum Gasteiger partial charge on any atom is -0.480 e. The molecule has 0 radical (unpaired) electrons. The Balaban J connectivity index is 2.66. The molecule has 1 aliphatic rings. The van der Waals surface area contributed by atoms with Crippen molar-refractivity contribution in [2.24, 2.45) is 5.41 Å². The highest BCUT2D eigenvalue weighted by Gasteiger charge is 2.34. The molecule has 7 nitrogen and oxygen atoms in total. The fourth-order valence-corrected chi connectivity index (χ4v) is 2.30. The molecule has 1 saturated heterocycles. The molecule has 21 heavy (non-hydrogen) atoms. The SMILES string of the molecule is CC(=O)N1CCCN(C(=O)N[C@H](C(=O)O)C(C)(C)C)CC1. The second-order valence-corrected chi connectivity index (χ2v) is 6.43. The van der Waals surface area contributed by atoms with Crippen molar-refractivity contribution >= 4 is 17.9 Å². The summed E-state index contributed by atoms with van der Waals surface area (Å²) in [6, 6.07) is -1.33. The molecule has 7 heteroatoms. The largest absolute Gasteiger partial charge is 0.480 e. The predicted molar refractivity (Wildman–Crippen MR) is 77.9 cm³/mol. The van der Waals surface area contributed by atoms with Gasteiger partial charge >= 0.3 is 12.0 Å². The van der Waals surface area contributed by atoms with E-state index < -0.39 is 17.4 Å². The number of carboxylic acids is 1. The maximum Gasteiger partial charge on any atom is 0.326 e. The highest BCUT2D eigenvalue weighted by molar-refractivity contribution is 5.83. The Labute approximate surface area is 125 Å². The van der Waals surface area contributed by atoms with E-state index in [1.165, 1.54) is 6.92 Å². The topological polar surface area (TPSA) is 90.0 Å². The van der Waals surface area contributed by atoms with Gasteiger partial charge in [0.15, 0.2) is 0 Å². The summed E-state index contributed by atoms with van der Waals surface area (Å²) in [6.07, 6.45) is 0.695. The summed E-state index contributed by atoms with van der Waals surface area (Å²) in [5.74, 6) is -1.05. The first-order chi connectivity index (χ1) is 9.62. The second kappa shape index (κ2) is 6.78. The van der Waals surface area contributed by atoms with Crippen molar-refractivity contribution < 1.29 is 19.5 Å². The summed E-state index contributed by atoms with van der Waals surface area (Å²) in [4.78, 5) is 38.2. The average molecular weight is 299 g/mol. The number of amides is 3. The second-order valence-electron chi connectivity index (χ2n) is 6.43. The van der Waals surface area contributed by atoms with Gasteiger partial charge in [-0.2, -0.15) is 0 Å². The maximum absolute atomic E-state index is 12.2. The van der Waals surface area contributed by atoms with Gasteiger partial charge in [-0.15, -0.1) is 0 Å². The molecule has 0 aromatic heterocycles. The fraction of sp³-hybridized carbons (Fsp3) is 0.786. The number of aliphatic carboxylic acids is 1. The van der Waals surface area contributed by atoms with Crippen molar-refractivity contribution in [3.63, 3.8) is 0 Å². The number of hydrogen-bond donors (Lipinski definition) is 2. The van der Waals surface area contributed by atoms with E-state index >= 15 is 0 Å². The van der Waals surface area contributed by atoms with Gasteiger partial charge in [0.25, 0.3) is 0 Å². The minimum atomic E-state index is -1.05. The molecule has 3 amide bonds. The summed E-state index contributed by atoms with van der Waals surface area (Å²) in [6.45, 7) is 8.87. The smallest absolute Gasteiger partial charge is 0.326 e. The van der Waals surface area contributed by atoms with Gasteiger partial charge in [0.2, 0.25) is 5.91 Å². The Bertz CT molecular complexity index is 417. The standard InChI is InChI=1S/C14H25N3O4/c1-10(18)16-6-5-7-17(9-8-16)13(21)15-11(12(19)20)14(2,3)4/h11H,5-9H2,1-4H3,(H,15,21)(H,19,20)/t11-/m1/s1. The number of carboxylic acid groups (broad SMARTS) is 1. The van der Waals surface area contributed by atoms with E-state index in [1.54, 1.807) is 30.6 Å². The van der Waals surface area contributed by atoms with Crippen LogP contribution in [-0.2, 0) is 9.59 Å². The third-order valence-electron chi connectivity index (χ3n) is 3.61. The lowest BCUT2D eigenvalue weighted by molar-refractivity contribution is -0.142. The molecular formula is C14H25N3O4. The van der Waals surface area contributed by atoms with E-state index in [9.17, 15) is 19.5 Å². The fourth-order valence-electron chi connectivity index (χ4n) is 2.30. The molecule has 0 saturated carbocycles. The van der Waals surface area contributed by atoms with Crippen LogP contribution in [0.1, 0.15) is 34.1 Å². The van der Waals surface area contributed by atoms with E-state index in [1.807, 2.05) is 0 Å². The molecule has 120 valence electrons. The molecule has 1 heterocycles. The van der Waals surface area contributed by atoms with Gasteiger partial charge in [0.1, 0.15) is 6.04 Å². The molecule has 2 N–H and O–H groups in total. The van der Waals surface area contributed by atoms with Gasteiger partial charge in [-0.25, -0.2) is 9.59 Å². The van der Waals surface area contributed by atoms with Crippen molar-refractivity contribution in [3.8, 4) is 0 Å². The molecule has 0 aliphatic carbocycles. The molecule has 1 atom stereocenters. The van der Waals surface area contributed by atoms with Gasteiger partial charge in [0, 0.05) is 33.1 Å². The Morgan fingerprint density at radius 2 is 1.57 bits per heavy atom. The normalized spacial score (nSPS) is 17.9. The van der Waals surface area contributed by atoms with Crippen LogP contribution in [0, 0.1) is 5.41 Å². The zero-order valence-electron chi connectivity index (χ0n) is 13.2. The lowest BCUT2D eigenvalue weighted by Gasteiger charge is -2.30. The van der Waals surface area contributed by atoms with E-state index in [2.05, 4.69) is 5.32 Å². The highest BCUT2D eigenvalue weighted by atomic mass is 16.4. The van der Waals surface area contributed by atoms with E-state index in [0.717, 1.165) is 0 Å². The van der Waals surface area contributed by atoms with Gasteiger partial charge in [-0.3, -0.25) is 4.79 Å². The average Bonchev–Trinajstić information content (AvgIpc) is 2.59. The molecule has 1 aliphatic heterocycles. The number of rotatable bonds is 2. The summed E-state index contributed by atoms with van der Waals surface area (Å²) < 4.78 is 0. The van der Waals surface area contributed by atoms with Crippen LogP contribution in [0.4, 0.5) is 4.79 Å².